The van der Waals surface area contributed by atoms with E-state index in [1.165, 1.54) is 0 Å². The molecular weight excluding hydrogens is 120 g/mol. The van der Waals surface area contributed by atoms with Crippen LogP contribution in [0.3, 0.4) is 0 Å². The second-order valence-corrected chi connectivity index (χ2v) is 2.60. The molecule has 0 saturated carbocycles. The molecule has 1 heteroatoms. The van der Waals surface area contributed by atoms with Gasteiger partial charge in [-0.15, -0.1) is 0 Å². The maximum Gasteiger partial charge on any atom is 0.0363 e. The lowest BCUT2D eigenvalue weighted by atomic mass is 10.0. The third-order valence-corrected chi connectivity index (χ3v) is 1.55. The first-order chi connectivity index (χ1) is 3.79. The molecule has 0 saturated heterocycles. The zero-order valence-corrected chi connectivity index (χ0v) is 5.65. The van der Waals surface area contributed by atoms with E-state index in [1.54, 1.807) is 0 Å². The van der Waals surface area contributed by atoms with Gasteiger partial charge in [-0.05, 0) is 18.4 Å². The largest absolute Gasteiger partial charge is 0.0847 e. The first-order valence-corrected chi connectivity index (χ1v) is 3.20. The van der Waals surface area contributed by atoms with E-state index in [-0.39, 0.29) is 0 Å². The van der Waals surface area contributed by atoms with E-state index in [9.17, 15) is 0 Å². The van der Waals surface area contributed by atoms with Crippen LogP contribution in [0, 0.1) is 5.92 Å². The Labute approximate surface area is 54.8 Å². The van der Waals surface area contributed by atoms with Gasteiger partial charge in [0.1, 0.15) is 0 Å². The summed E-state index contributed by atoms with van der Waals surface area (Å²) < 4.78 is 0. The van der Waals surface area contributed by atoms with Gasteiger partial charge >= 0.3 is 0 Å². The van der Waals surface area contributed by atoms with Crippen LogP contribution in [0.2, 0.25) is 0 Å². The number of rotatable bonds is 0. The van der Waals surface area contributed by atoms with Crippen molar-refractivity contribution >= 4 is 11.6 Å². The Balaban J connectivity index is 2.58. The lowest BCUT2D eigenvalue weighted by Crippen LogP contribution is -1.90. The Morgan fingerprint density at radius 1 is 1.75 bits per heavy atom. The fourth-order valence-electron chi connectivity index (χ4n) is 0.701. The fraction of sp³-hybridized carbons (Fsp3) is 0.429. The Morgan fingerprint density at radius 2 is 2.50 bits per heavy atom. The summed E-state index contributed by atoms with van der Waals surface area (Å²) in [4.78, 5) is 0. The van der Waals surface area contributed by atoms with Crippen molar-refractivity contribution in [2.45, 2.75) is 13.3 Å². The monoisotopic (exact) mass is 128 g/mol. The molecule has 8 heavy (non-hydrogen) atoms. The predicted octanol–water partition coefficient (Wildman–Crippen LogP) is 2.71. The molecule has 0 heterocycles. The van der Waals surface area contributed by atoms with Crippen molar-refractivity contribution in [3.63, 3.8) is 0 Å². The van der Waals surface area contributed by atoms with Crippen LogP contribution in [0.15, 0.2) is 23.3 Å². The van der Waals surface area contributed by atoms with Gasteiger partial charge in [-0.1, -0.05) is 30.7 Å². The van der Waals surface area contributed by atoms with Gasteiger partial charge in [-0.25, -0.2) is 0 Å². The topological polar surface area (TPSA) is 0 Å². The van der Waals surface area contributed by atoms with Crippen molar-refractivity contribution in [2.75, 3.05) is 0 Å². The minimum absolute atomic E-state index is 0.678. The van der Waals surface area contributed by atoms with Crippen molar-refractivity contribution in [3.05, 3.63) is 23.3 Å². The Hall–Kier alpha value is -0.230. The maximum absolute atomic E-state index is 5.66. The predicted molar refractivity (Wildman–Crippen MR) is 36.9 cm³/mol. The maximum atomic E-state index is 5.66. The van der Waals surface area contributed by atoms with E-state index in [2.05, 4.69) is 13.0 Å². The van der Waals surface area contributed by atoms with Crippen molar-refractivity contribution in [2.24, 2.45) is 5.92 Å². The normalized spacial score (nSPS) is 27.8. The van der Waals surface area contributed by atoms with Gasteiger partial charge in [0.15, 0.2) is 0 Å². The molecule has 0 spiro atoms. The van der Waals surface area contributed by atoms with Crippen LogP contribution in [0.1, 0.15) is 13.3 Å². The second kappa shape index (κ2) is 2.36. The highest BCUT2D eigenvalue weighted by molar-refractivity contribution is 6.31. The summed E-state index contributed by atoms with van der Waals surface area (Å²) in [5.74, 6) is 0.678. The highest BCUT2D eigenvalue weighted by Gasteiger charge is 1.99. The number of allylic oxidation sites excluding steroid dienone is 4. The highest BCUT2D eigenvalue weighted by Crippen LogP contribution is 2.17. The molecular formula is C7H9Cl. The van der Waals surface area contributed by atoms with Gasteiger partial charge in [0.2, 0.25) is 0 Å². The van der Waals surface area contributed by atoms with Crippen molar-refractivity contribution < 1.29 is 0 Å². The molecule has 0 N–H and O–H groups in total. The molecule has 1 rings (SSSR count). The van der Waals surface area contributed by atoms with Gasteiger partial charge < -0.3 is 0 Å². The van der Waals surface area contributed by atoms with E-state index in [1.807, 2.05) is 12.2 Å². The third kappa shape index (κ3) is 1.38. The van der Waals surface area contributed by atoms with Gasteiger partial charge in [0.05, 0.1) is 0 Å². The molecule has 1 aliphatic carbocycles. The minimum Gasteiger partial charge on any atom is -0.0847 e. The van der Waals surface area contributed by atoms with Crippen LogP contribution >= 0.6 is 11.6 Å². The summed E-state index contributed by atoms with van der Waals surface area (Å²) >= 11 is 5.66. The Kier molecular flexibility index (Phi) is 1.74. The van der Waals surface area contributed by atoms with Crippen LogP contribution < -0.4 is 0 Å². The van der Waals surface area contributed by atoms with Crippen molar-refractivity contribution in [1.82, 2.24) is 0 Å². The molecule has 0 bridgehead atoms. The molecule has 0 radical (unpaired) electrons. The molecule has 0 amide bonds. The van der Waals surface area contributed by atoms with E-state index >= 15 is 0 Å². The lowest BCUT2D eigenvalue weighted by molar-refractivity contribution is 0.735. The van der Waals surface area contributed by atoms with E-state index in [0.29, 0.717) is 5.92 Å². The quantitative estimate of drug-likeness (QED) is 0.471. The summed E-state index contributed by atoms with van der Waals surface area (Å²) in [6.45, 7) is 2.18. The first kappa shape index (κ1) is 5.90. The molecule has 1 atom stereocenters. The smallest absolute Gasteiger partial charge is 0.0363 e. The summed E-state index contributed by atoms with van der Waals surface area (Å²) in [5, 5.41) is 0.878. The van der Waals surface area contributed by atoms with E-state index < -0.39 is 0 Å². The number of hydrogen-bond acceptors (Lipinski definition) is 0. The molecule has 0 aliphatic heterocycles. The van der Waals surface area contributed by atoms with Crippen molar-refractivity contribution in [1.29, 1.82) is 0 Å². The number of hydrogen-bond donors (Lipinski definition) is 0. The van der Waals surface area contributed by atoms with Gasteiger partial charge in [-0.3, -0.25) is 0 Å². The van der Waals surface area contributed by atoms with E-state index in [4.69, 9.17) is 11.6 Å². The fourth-order valence-corrected chi connectivity index (χ4v) is 0.863. The average Bonchev–Trinajstić information content (AvgIpc) is 1.77. The lowest BCUT2D eigenvalue weighted by Gasteiger charge is -2.05. The standard InChI is InChI=1S/C7H9Cl/c1-6-2-4-7(8)5-3-6/h2,4-6H,3H2,1H3/t6-/m0/s1. The molecule has 0 fully saturated rings. The summed E-state index contributed by atoms with van der Waals surface area (Å²) in [6.07, 6.45) is 7.22. The zero-order chi connectivity index (χ0) is 5.98. The Bertz CT molecular complexity index is 133. The van der Waals surface area contributed by atoms with Crippen molar-refractivity contribution in [3.8, 4) is 0 Å². The number of halogens is 1. The third-order valence-electron chi connectivity index (χ3n) is 1.27. The second-order valence-electron chi connectivity index (χ2n) is 2.16. The molecule has 1 aliphatic rings. The van der Waals surface area contributed by atoms with Crippen LogP contribution in [-0.2, 0) is 0 Å². The highest BCUT2D eigenvalue weighted by atomic mass is 35.5. The van der Waals surface area contributed by atoms with Crippen LogP contribution in [0.4, 0.5) is 0 Å². The van der Waals surface area contributed by atoms with Gasteiger partial charge in [0, 0.05) is 5.03 Å². The molecule has 0 nitrogen and oxygen atoms in total. The molecule has 0 aromatic heterocycles. The zero-order valence-electron chi connectivity index (χ0n) is 4.89. The van der Waals surface area contributed by atoms with Crippen LogP contribution in [-0.4, -0.2) is 0 Å². The van der Waals surface area contributed by atoms with Gasteiger partial charge in [-0.2, -0.15) is 0 Å². The summed E-state index contributed by atoms with van der Waals surface area (Å²) in [7, 11) is 0. The molecule has 44 valence electrons. The molecule has 0 aromatic rings. The van der Waals surface area contributed by atoms with Crippen LogP contribution in [0.5, 0.6) is 0 Å². The minimum atomic E-state index is 0.678. The molecule has 0 aromatic carbocycles. The summed E-state index contributed by atoms with van der Waals surface area (Å²) in [5.41, 5.74) is 0. The van der Waals surface area contributed by atoms with Gasteiger partial charge in [0.25, 0.3) is 0 Å². The first-order valence-electron chi connectivity index (χ1n) is 2.83. The summed E-state index contributed by atoms with van der Waals surface area (Å²) in [6, 6.07) is 0. The van der Waals surface area contributed by atoms with Crippen LogP contribution in [0.25, 0.3) is 0 Å². The SMILES string of the molecule is C[C@H]1C=CC(Cl)=CC1. The Morgan fingerprint density at radius 3 is 2.88 bits per heavy atom. The molecule has 0 unspecified atom stereocenters. The van der Waals surface area contributed by atoms with E-state index in [0.717, 1.165) is 11.5 Å². The average molecular weight is 129 g/mol.